The van der Waals surface area contributed by atoms with Crippen molar-refractivity contribution < 1.29 is 9.84 Å². The summed E-state index contributed by atoms with van der Waals surface area (Å²) >= 11 is 0. The number of likely N-dealkylation sites (N-methyl/N-ethyl adjacent to an activating group) is 1. The molecular weight excluding hydrogens is 376 g/mol. The Bertz CT molecular complexity index is 917. The molecule has 160 valence electrons. The van der Waals surface area contributed by atoms with Crippen LogP contribution in [0.3, 0.4) is 0 Å². The molecular formula is C24H32N4O2. The van der Waals surface area contributed by atoms with Gasteiger partial charge in [-0.15, -0.1) is 0 Å². The van der Waals surface area contributed by atoms with E-state index < -0.39 is 6.10 Å². The number of ether oxygens (including phenoxy) is 1. The molecule has 0 aliphatic heterocycles. The van der Waals surface area contributed by atoms with Gasteiger partial charge in [0.25, 0.3) is 0 Å². The highest BCUT2D eigenvalue weighted by Gasteiger charge is 2.20. The minimum absolute atomic E-state index is 0.00868. The summed E-state index contributed by atoms with van der Waals surface area (Å²) in [6, 6.07) is 16.4. The van der Waals surface area contributed by atoms with Crippen molar-refractivity contribution >= 4 is 0 Å². The van der Waals surface area contributed by atoms with Gasteiger partial charge in [0.1, 0.15) is 31.1 Å². The van der Waals surface area contributed by atoms with Gasteiger partial charge in [-0.05, 0) is 48.7 Å². The number of rotatable bonds is 8. The van der Waals surface area contributed by atoms with Gasteiger partial charge in [0.2, 0.25) is 0 Å². The smallest absolute Gasteiger partial charge is 0.138 e. The summed E-state index contributed by atoms with van der Waals surface area (Å²) in [7, 11) is 2.02. The second-order valence-electron chi connectivity index (χ2n) is 8.76. The maximum Gasteiger partial charge on any atom is 0.138 e. The maximum absolute atomic E-state index is 10.6. The molecule has 2 aromatic carbocycles. The molecule has 1 N–H and O–H groups in total. The van der Waals surface area contributed by atoms with E-state index in [4.69, 9.17) is 4.74 Å². The van der Waals surface area contributed by atoms with Crippen LogP contribution in [0.2, 0.25) is 0 Å². The number of benzene rings is 2. The summed E-state index contributed by atoms with van der Waals surface area (Å²) in [5, 5.41) is 14.7. The lowest BCUT2D eigenvalue weighted by Crippen LogP contribution is -2.35. The van der Waals surface area contributed by atoms with Crippen molar-refractivity contribution in [2.45, 2.75) is 45.3 Å². The molecule has 0 fully saturated rings. The van der Waals surface area contributed by atoms with Crippen LogP contribution < -0.4 is 4.74 Å². The van der Waals surface area contributed by atoms with Gasteiger partial charge >= 0.3 is 0 Å². The number of nitrogens with zero attached hydrogens (tertiary/aromatic N) is 4. The fourth-order valence-corrected chi connectivity index (χ4v) is 3.44. The van der Waals surface area contributed by atoms with Crippen LogP contribution in [0.5, 0.6) is 5.75 Å². The van der Waals surface area contributed by atoms with Crippen LogP contribution in [-0.4, -0.2) is 51.1 Å². The molecule has 2 atom stereocenters. The number of hydrogen-bond acceptors (Lipinski definition) is 5. The Labute approximate surface area is 179 Å². The van der Waals surface area contributed by atoms with Crippen LogP contribution in [0.25, 0.3) is 5.69 Å². The van der Waals surface area contributed by atoms with Gasteiger partial charge in [-0.3, -0.25) is 4.90 Å². The predicted molar refractivity (Wildman–Crippen MR) is 119 cm³/mol. The number of para-hydroxylation sites is 1. The van der Waals surface area contributed by atoms with E-state index >= 15 is 0 Å². The molecule has 0 saturated carbocycles. The second-order valence-corrected chi connectivity index (χ2v) is 8.76. The summed E-state index contributed by atoms with van der Waals surface area (Å²) in [4.78, 5) is 6.11. The molecule has 3 aromatic rings. The zero-order chi connectivity index (χ0) is 21.7. The van der Waals surface area contributed by atoms with Crippen LogP contribution in [0, 0.1) is 0 Å². The molecule has 0 aliphatic rings. The van der Waals surface area contributed by atoms with Gasteiger partial charge in [-0.25, -0.2) is 9.67 Å². The number of aliphatic hydroxyl groups is 1. The van der Waals surface area contributed by atoms with Gasteiger partial charge < -0.3 is 9.84 Å². The van der Waals surface area contributed by atoms with E-state index in [2.05, 4.69) is 60.9 Å². The lowest BCUT2D eigenvalue weighted by molar-refractivity contribution is 0.0647. The third-order valence-corrected chi connectivity index (χ3v) is 5.34. The van der Waals surface area contributed by atoms with Crippen molar-refractivity contribution in [2.75, 3.05) is 20.2 Å². The van der Waals surface area contributed by atoms with E-state index in [1.807, 2.05) is 37.4 Å². The largest absolute Gasteiger partial charge is 0.491 e. The summed E-state index contributed by atoms with van der Waals surface area (Å²) in [6.07, 6.45) is 2.62. The van der Waals surface area contributed by atoms with Gasteiger partial charge in [0, 0.05) is 12.6 Å². The Morgan fingerprint density at radius 1 is 1.10 bits per heavy atom. The molecule has 1 heterocycles. The number of hydrogen-bond donors (Lipinski definition) is 1. The normalized spacial score (nSPS) is 14.0. The lowest BCUT2D eigenvalue weighted by Gasteiger charge is -2.28. The van der Waals surface area contributed by atoms with E-state index in [1.165, 1.54) is 11.9 Å². The zero-order valence-electron chi connectivity index (χ0n) is 18.5. The summed E-state index contributed by atoms with van der Waals surface area (Å²) in [5.74, 6) is 0.837. The van der Waals surface area contributed by atoms with Crippen LogP contribution in [-0.2, 0) is 5.41 Å². The Hall–Kier alpha value is -2.70. The predicted octanol–water partition coefficient (Wildman–Crippen LogP) is 4.00. The van der Waals surface area contributed by atoms with Crippen LogP contribution >= 0.6 is 0 Å². The molecule has 0 radical (unpaired) electrons. The van der Waals surface area contributed by atoms with Crippen LogP contribution in [0.4, 0.5) is 0 Å². The Morgan fingerprint density at radius 2 is 1.80 bits per heavy atom. The van der Waals surface area contributed by atoms with Crippen molar-refractivity contribution in [3.63, 3.8) is 0 Å². The third kappa shape index (κ3) is 5.46. The molecule has 2 unspecified atom stereocenters. The Kier molecular flexibility index (Phi) is 6.90. The van der Waals surface area contributed by atoms with E-state index in [0.717, 1.165) is 17.0 Å². The van der Waals surface area contributed by atoms with Crippen molar-refractivity contribution in [1.82, 2.24) is 19.7 Å². The maximum atomic E-state index is 10.6. The quantitative estimate of drug-likeness (QED) is 0.610. The first-order chi connectivity index (χ1) is 14.3. The molecule has 30 heavy (non-hydrogen) atoms. The molecule has 0 bridgehead atoms. The average molecular weight is 409 g/mol. The first kappa shape index (κ1) is 22.0. The van der Waals surface area contributed by atoms with Crippen LogP contribution in [0.1, 0.15) is 44.9 Å². The first-order valence-corrected chi connectivity index (χ1v) is 10.3. The average Bonchev–Trinajstić information content (AvgIpc) is 3.26. The molecule has 0 saturated heterocycles. The van der Waals surface area contributed by atoms with Crippen molar-refractivity contribution in [2.24, 2.45) is 0 Å². The van der Waals surface area contributed by atoms with Gasteiger partial charge in [-0.2, -0.15) is 5.10 Å². The van der Waals surface area contributed by atoms with Crippen LogP contribution in [0.15, 0.2) is 61.2 Å². The molecule has 0 amide bonds. The minimum Gasteiger partial charge on any atom is -0.491 e. The summed E-state index contributed by atoms with van der Waals surface area (Å²) < 4.78 is 7.71. The van der Waals surface area contributed by atoms with Gasteiger partial charge in [0.05, 0.1) is 5.69 Å². The van der Waals surface area contributed by atoms with E-state index in [1.54, 1.807) is 11.0 Å². The molecule has 6 heteroatoms. The number of aromatic nitrogens is 3. The van der Waals surface area contributed by atoms with Gasteiger partial charge in [-0.1, -0.05) is 51.1 Å². The third-order valence-electron chi connectivity index (χ3n) is 5.34. The standard InChI is InChI=1S/C24H32N4O2/c1-18(19-10-12-20(13-11-19)28-17-25-16-26-28)27(5)14-21(29)15-30-23-9-7-6-8-22(23)24(2,3)4/h6-13,16-18,21,29H,14-15H2,1-5H3. The minimum atomic E-state index is -0.583. The van der Waals surface area contributed by atoms with Gasteiger partial charge in [0.15, 0.2) is 0 Å². The number of aliphatic hydroxyl groups excluding tert-OH is 1. The molecule has 0 aliphatic carbocycles. The van der Waals surface area contributed by atoms with Crippen molar-refractivity contribution in [3.8, 4) is 11.4 Å². The fourth-order valence-electron chi connectivity index (χ4n) is 3.44. The topological polar surface area (TPSA) is 63.4 Å². The first-order valence-electron chi connectivity index (χ1n) is 10.3. The highest BCUT2D eigenvalue weighted by Crippen LogP contribution is 2.31. The van der Waals surface area contributed by atoms with E-state index in [9.17, 15) is 5.11 Å². The molecule has 3 rings (SSSR count). The Morgan fingerprint density at radius 3 is 2.43 bits per heavy atom. The summed E-state index contributed by atoms with van der Waals surface area (Å²) in [6.45, 7) is 9.39. The lowest BCUT2D eigenvalue weighted by atomic mass is 9.86. The highest BCUT2D eigenvalue weighted by molar-refractivity contribution is 5.38. The second kappa shape index (κ2) is 9.41. The monoisotopic (exact) mass is 408 g/mol. The van der Waals surface area contributed by atoms with Crippen molar-refractivity contribution in [1.29, 1.82) is 0 Å². The highest BCUT2D eigenvalue weighted by atomic mass is 16.5. The van der Waals surface area contributed by atoms with E-state index in [0.29, 0.717) is 6.54 Å². The molecule has 1 aromatic heterocycles. The summed E-state index contributed by atoms with van der Waals surface area (Å²) in [5.41, 5.74) is 3.28. The zero-order valence-corrected chi connectivity index (χ0v) is 18.5. The Balaban J connectivity index is 1.56. The van der Waals surface area contributed by atoms with Crippen molar-refractivity contribution in [3.05, 3.63) is 72.3 Å². The molecule has 0 spiro atoms. The fraction of sp³-hybridized carbons (Fsp3) is 0.417. The van der Waals surface area contributed by atoms with E-state index in [-0.39, 0.29) is 18.1 Å². The SMILES string of the molecule is CC(c1ccc(-n2cncn2)cc1)N(C)CC(O)COc1ccccc1C(C)(C)C. The molecule has 6 nitrogen and oxygen atoms in total.